The maximum Gasteiger partial charge on any atom is 0.417 e. The van der Waals surface area contributed by atoms with Crippen LogP contribution in [0.2, 0.25) is 0 Å². The summed E-state index contributed by atoms with van der Waals surface area (Å²) in [5, 5.41) is 0. The Morgan fingerprint density at radius 3 is 3.10 bits per heavy atom. The molecule has 0 saturated carbocycles. The predicted molar refractivity (Wildman–Crippen MR) is 32.2 cm³/mol. The highest BCUT2D eigenvalue weighted by atomic mass is 16.6. The molecule has 0 amide bonds. The SMILES string of the molecule is O=[C]OCC1COCCO1. The molecule has 0 aromatic heterocycles. The second-order valence-corrected chi connectivity index (χ2v) is 1.96. The van der Waals surface area contributed by atoms with E-state index in [0.717, 1.165) is 0 Å². The van der Waals surface area contributed by atoms with E-state index in [2.05, 4.69) is 4.74 Å². The minimum atomic E-state index is -0.102. The third kappa shape index (κ3) is 2.33. The van der Waals surface area contributed by atoms with Gasteiger partial charge in [-0.15, -0.1) is 0 Å². The van der Waals surface area contributed by atoms with Crippen LogP contribution in [0, 0.1) is 0 Å². The third-order valence-electron chi connectivity index (χ3n) is 1.21. The fourth-order valence-corrected chi connectivity index (χ4v) is 0.760. The van der Waals surface area contributed by atoms with E-state index in [1.807, 2.05) is 0 Å². The van der Waals surface area contributed by atoms with Gasteiger partial charge < -0.3 is 14.2 Å². The van der Waals surface area contributed by atoms with Crippen molar-refractivity contribution in [1.29, 1.82) is 0 Å². The Hall–Kier alpha value is -0.610. The number of hydrogen-bond acceptors (Lipinski definition) is 4. The highest BCUT2D eigenvalue weighted by Crippen LogP contribution is 1.99. The molecule has 1 atom stereocenters. The predicted octanol–water partition coefficient (Wildman–Crippen LogP) is -0.514. The van der Waals surface area contributed by atoms with E-state index < -0.39 is 0 Å². The minimum Gasteiger partial charge on any atom is -0.454 e. The van der Waals surface area contributed by atoms with Crippen LogP contribution in [-0.2, 0) is 19.0 Å². The molecule has 1 fully saturated rings. The maximum absolute atomic E-state index is 9.60. The maximum atomic E-state index is 9.60. The van der Waals surface area contributed by atoms with Gasteiger partial charge in [-0.25, -0.2) is 4.79 Å². The van der Waals surface area contributed by atoms with Crippen molar-refractivity contribution < 1.29 is 19.0 Å². The van der Waals surface area contributed by atoms with E-state index >= 15 is 0 Å². The molecule has 1 aliphatic heterocycles. The van der Waals surface area contributed by atoms with Crippen LogP contribution in [0.15, 0.2) is 0 Å². The molecule has 0 N–H and O–H groups in total. The standard InChI is InChI=1S/C6H9O4/c7-5-9-4-6-3-8-1-2-10-6/h6H,1-4H2. The molecule has 10 heavy (non-hydrogen) atoms. The van der Waals surface area contributed by atoms with Gasteiger partial charge in [0.2, 0.25) is 0 Å². The summed E-state index contributed by atoms with van der Waals surface area (Å²) >= 11 is 0. The summed E-state index contributed by atoms with van der Waals surface area (Å²) in [7, 11) is 0. The summed E-state index contributed by atoms with van der Waals surface area (Å²) in [4.78, 5) is 9.60. The Kier molecular flexibility index (Phi) is 3.18. The molecule has 57 valence electrons. The van der Waals surface area contributed by atoms with Gasteiger partial charge in [0.1, 0.15) is 12.7 Å². The molecule has 0 bridgehead atoms. The molecule has 1 saturated heterocycles. The first-order valence-electron chi connectivity index (χ1n) is 3.12. The van der Waals surface area contributed by atoms with Crippen molar-refractivity contribution in [3.63, 3.8) is 0 Å². The molecular weight excluding hydrogens is 136 g/mol. The lowest BCUT2D eigenvalue weighted by atomic mass is 10.4. The molecule has 4 nitrogen and oxygen atoms in total. The highest BCUT2D eigenvalue weighted by Gasteiger charge is 2.13. The largest absolute Gasteiger partial charge is 0.454 e. The molecule has 1 unspecified atom stereocenters. The van der Waals surface area contributed by atoms with Gasteiger partial charge in [0.05, 0.1) is 19.8 Å². The fourth-order valence-electron chi connectivity index (χ4n) is 0.760. The Morgan fingerprint density at radius 1 is 1.60 bits per heavy atom. The van der Waals surface area contributed by atoms with E-state index in [1.165, 1.54) is 6.47 Å². The van der Waals surface area contributed by atoms with Gasteiger partial charge in [-0.1, -0.05) is 0 Å². The molecule has 1 aliphatic rings. The number of ether oxygens (including phenoxy) is 3. The van der Waals surface area contributed by atoms with Gasteiger partial charge in [0.15, 0.2) is 0 Å². The van der Waals surface area contributed by atoms with E-state index in [9.17, 15) is 4.79 Å². The van der Waals surface area contributed by atoms with Crippen LogP contribution in [0.25, 0.3) is 0 Å². The number of carbonyl (C=O) groups excluding carboxylic acids is 1. The monoisotopic (exact) mass is 145 g/mol. The summed E-state index contributed by atoms with van der Waals surface area (Å²) < 4.78 is 14.6. The zero-order valence-electron chi connectivity index (χ0n) is 5.54. The topological polar surface area (TPSA) is 44.8 Å². The van der Waals surface area contributed by atoms with Crippen molar-refractivity contribution in [2.24, 2.45) is 0 Å². The first-order chi connectivity index (χ1) is 4.93. The van der Waals surface area contributed by atoms with Crippen molar-refractivity contribution in [1.82, 2.24) is 0 Å². The average molecular weight is 145 g/mol. The Bertz CT molecular complexity index is 97.9. The molecule has 0 spiro atoms. The summed E-state index contributed by atoms with van der Waals surface area (Å²) in [5.74, 6) is 0. The molecule has 1 heterocycles. The van der Waals surface area contributed by atoms with Gasteiger partial charge in [0, 0.05) is 0 Å². The molecule has 0 aromatic rings. The summed E-state index contributed by atoms with van der Waals surface area (Å²) in [6.07, 6.45) is -0.102. The Morgan fingerprint density at radius 2 is 2.50 bits per heavy atom. The third-order valence-corrected chi connectivity index (χ3v) is 1.21. The zero-order chi connectivity index (χ0) is 7.23. The van der Waals surface area contributed by atoms with Crippen LogP contribution in [-0.4, -0.2) is 39.0 Å². The first kappa shape index (κ1) is 7.50. The van der Waals surface area contributed by atoms with Crippen molar-refractivity contribution in [2.75, 3.05) is 26.4 Å². The number of rotatable bonds is 3. The normalized spacial score (nSPS) is 25.8. The average Bonchev–Trinajstić information content (AvgIpc) is 2.03. The van der Waals surface area contributed by atoms with Gasteiger partial charge in [-0.05, 0) is 0 Å². The van der Waals surface area contributed by atoms with Gasteiger partial charge in [0.25, 0.3) is 0 Å². The molecule has 1 rings (SSSR count). The molecule has 4 heteroatoms. The van der Waals surface area contributed by atoms with Crippen LogP contribution in [0.5, 0.6) is 0 Å². The second kappa shape index (κ2) is 4.24. The van der Waals surface area contributed by atoms with Crippen LogP contribution in [0.3, 0.4) is 0 Å². The van der Waals surface area contributed by atoms with Gasteiger partial charge >= 0.3 is 6.47 Å². The van der Waals surface area contributed by atoms with E-state index in [-0.39, 0.29) is 12.7 Å². The zero-order valence-corrected chi connectivity index (χ0v) is 5.54. The van der Waals surface area contributed by atoms with Crippen LogP contribution < -0.4 is 0 Å². The Labute approximate surface area is 59.1 Å². The van der Waals surface area contributed by atoms with Crippen molar-refractivity contribution in [2.45, 2.75) is 6.10 Å². The van der Waals surface area contributed by atoms with Crippen LogP contribution >= 0.6 is 0 Å². The first-order valence-corrected chi connectivity index (χ1v) is 3.12. The summed E-state index contributed by atoms with van der Waals surface area (Å²) in [5.41, 5.74) is 0. The summed E-state index contributed by atoms with van der Waals surface area (Å²) in [6.45, 7) is 3.27. The van der Waals surface area contributed by atoms with Crippen molar-refractivity contribution in [3.8, 4) is 0 Å². The van der Waals surface area contributed by atoms with Crippen molar-refractivity contribution in [3.05, 3.63) is 0 Å². The number of hydrogen-bond donors (Lipinski definition) is 0. The quantitative estimate of drug-likeness (QED) is 0.536. The fraction of sp³-hybridized carbons (Fsp3) is 0.833. The van der Waals surface area contributed by atoms with Crippen molar-refractivity contribution >= 4 is 6.47 Å². The van der Waals surface area contributed by atoms with Crippen LogP contribution in [0.4, 0.5) is 0 Å². The second-order valence-electron chi connectivity index (χ2n) is 1.96. The van der Waals surface area contributed by atoms with Gasteiger partial charge in [-0.2, -0.15) is 0 Å². The summed E-state index contributed by atoms with van der Waals surface area (Å²) in [6, 6.07) is 0. The lowest BCUT2D eigenvalue weighted by molar-refractivity contribution is -0.103. The minimum absolute atomic E-state index is 0.102. The highest BCUT2D eigenvalue weighted by molar-refractivity contribution is 5.38. The Balaban J connectivity index is 2.07. The molecule has 0 aromatic carbocycles. The van der Waals surface area contributed by atoms with Gasteiger partial charge in [-0.3, -0.25) is 0 Å². The smallest absolute Gasteiger partial charge is 0.417 e. The lowest BCUT2D eigenvalue weighted by Crippen LogP contribution is -2.32. The van der Waals surface area contributed by atoms with E-state index in [0.29, 0.717) is 19.8 Å². The molecular formula is C6H9O4. The van der Waals surface area contributed by atoms with E-state index in [1.54, 1.807) is 0 Å². The van der Waals surface area contributed by atoms with E-state index in [4.69, 9.17) is 9.47 Å². The molecule has 0 aliphatic carbocycles. The lowest BCUT2D eigenvalue weighted by Gasteiger charge is -2.21. The van der Waals surface area contributed by atoms with Crippen LogP contribution in [0.1, 0.15) is 0 Å². The molecule has 1 radical (unpaired) electrons.